The van der Waals surface area contributed by atoms with E-state index in [2.05, 4.69) is 6.58 Å². The summed E-state index contributed by atoms with van der Waals surface area (Å²) in [6, 6.07) is 1.20. The molecule has 0 bridgehead atoms. The molecular weight excluding hydrogens is 132 g/mol. The van der Waals surface area contributed by atoms with E-state index in [1.54, 1.807) is 7.11 Å². The van der Waals surface area contributed by atoms with Gasteiger partial charge in [-0.25, -0.2) is 0 Å². The molecule has 0 aliphatic carbocycles. The number of hydrogen-bond acceptors (Lipinski definition) is 2. The maximum Gasteiger partial charge on any atom is 0.161 e. The minimum absolute atomic E-state index is 0.221. The lowest BCUT2D eigenvalue weighted by Crippen LogP contribution is -1.95. The van der Waals surface area contributed by atoms with Gasteiger partial charge in [-0.3, -0.25) is 0 Å². The largest absolute Gasteiger partial charge is 0.502 e. The Morgan fingerprint density at radius 2 is 2.44 bits per heavy atom. The SMILES string of the molecule is C=COCCC[SiH2]OC. The zero-order valence-electron chi connectivity index (χ0n) is 5.93. The average Bonchev–Trinajstić information content (AvgIpc) is 1.89. The maximum absolute atomic E-state index is 4.98. The van der Waals surface area contributed by atoms with Gasteiger partial charge in [-0.05, 0) is 12.5 Å². The summed E-state index contributed by atoms with van der Waals surface area (Å²) in [5.74, 6) is 0. The highest BCUT2D eigenvalue weighted by Crippen LogP contribution is 1.89. The summed E-state index contributed by atoms with van der Waals surface area (Å²) in [4.78, 5) is 0. The van der Waals surface area contributed by atoms with Crippen molar-refractivity contribution >= 4 is 9.76 Å². The van der Waals surface area contributed by atoms with Crippen molar-refractivity contribution < 1.29 is 9.16 Å². The molecule has 0 N–H and O–H groups in total. The van der Waals surface area contributed by atoms with E-state index in [4.69, 9.17) is 9.16 Å². The molecular formula is C6H14O2Si. The normalized spacial score (nSPS) is 10.3. The van der Waals surface area contributed by atoms with E-state index in [1.165, 1.54) is 12.3 Å². The topological polar surface area (TPSA) is 18.5 Å². The summed E-state index contributed by atoms with van der Waals surface area (Å²) < 4.78 is 9.89. The lowest BCUT2D eigenvalue weighted by Gasteiger charge is -1.97. The van der Waals surface area contributed by atoms with Gasteiger partial charge in [0.1, 0.15) is 0 Å². The average molecular weight is 146 g/mol. The lowest BCUT2D eigenvalue weighted by atomic mass is 10.5. The van der Waals surface area contributed by atoms with Crippen LogP contribution in [0.25, 0.3) is 0 Å². The molecule has 54 valence electrons. The van der Waals surface area contributed by atoms with E-state index >= 15 is 0 Å². The van der Waals surface area contributed by atoms with E-state index in [9.17, 15) is 0 Å². The van der Waals surface area contributed by atoms with E-state index in [-0.39, 0.29) is 9.76 Å². The third-order valence-electron chi connectivity index (χ3n) is 0.979. The molecule has 3 heteroatoms. The molecule has 0 amide bonds. The molecule has 9 heavy (non-hydrogen) atoms. The Hall–Kier alpha value is -0.283. The van der Waals surface area contributed by atoms with Crippen LogP contribution < -0.4 is 0 Å². The first-order valence-corrected chi connectivity index (χ1v) is 4.71. The zero-order valence-corrected chi connectivity index (χ0v) is 7.34. The first kappa shape index (κ1) is 8.72. The fourth-order valence-electron chi connectivity index (χ4n) is 0.515. The van der Waals surface area contributed by atoms with Crippen molar-refractivity contribution in [1.82, 2.24) is 0 Å². The van der Waals surface area contributed by atoms with Crippen LogP contribution in [0.3, 0.4) is 0 Å². The molecule has 0 heterocycles. The van der Waals surface area contributed by atoms with Crippen molar-refractivity contribution in [3.63, 3.8) is 0 Å². The Balaban J connectivity index is 2.66. The lowest BCUT2D eigenvalue weighted by molar-refractivity contribution is 0.250. The van der Waals surface area contributed by atoms with Crippen molar-refractivity contribution in [3.8, 4) is 0 Å². The van der Waals surface area contributed by atoms with Crippen LogP contribution in [0, 0.1) is 0 Å². The Labute approximate surface area is 58.8 Å². The highest BCUT2D eigenvalue weighted by molar-refractivity contribution is 6.26. The molecule has 2 nitrogen and oxygen atoms in total. The summed E-state index contributed by atoms with van der Waals surface area (Å²) in [5, 5.41) is 0. The third kappa shape index (κ3) is 7.72. The van der Waals surface area contributed by atoms with E-state index in [0.717, 1.165) is 13.0 Å². The van der Waals surface area contributed by atoms with Crippen molar-refractivity contribution in [3.05, 3.63) is 12.8 Å². The van der Waals surface area contributed by atoms with Gasteiger partial charge in [0, 0.05) is 7.11 Å². The van der Waals surface area contributed by atoms with Crippen molar-refractivity contribution in [1.29, 1.82) is 0 Å². The number of hydrogen-bond donors (Lipinski definition) is 0. The highest BCUT2D eigenvalue weighted by atomic mass is 28.2. The molecule has 0 saturated heterocycles. The highest BCUT2D eigenvalue weighted by Gasteiger charge is 1.85. The molecule has 0 unspecified atom stereocenters. The molecule has 0 spiro atoms. The van der Waals surface area contributed by atoms with Crippen LogP contribution in [-0.4, -0.2) is 23.5 Å². The smallest absolute Gasteiger partial charge is 0.161 e. The predicted octanol–water partition coefficient (Wildman–Crippen LogP) is 0.685. The summed E-state index contributed by atoms with van der Waals surface area (Å²) in [5.41, 5.74) is 0. The fourth-order valence-corrected chi connectivity index (χ4v) is 1.21. The number of ether oxygens (including phenoxy) is 1. The standard InChI is InChI=1S/C6H14O2Si/c1-3-8-5-4-6-9-7-2/h3H,1,4-6,9H2,2H3. The summed E-state index contributed by atoms with van der Waals surface area (Å²) in [6.07, 6.45) is 2.58. The zero-order chi connectivity index (χ0) is 6.95. The summed E-state index contributed by atoms with van der Waals surface area (Å²) in [6.45, 7) is 4.23. The second kappa shape index (κ2) is 7.72. The Bertz CT molecular complexity index is 66.1. The second-order valence-electron chi connectivity index (χ2n) is 1.74. The van der Waals surface area contributed by atoms with Crippen LogP contribution in [0.1, 0.15) is 6.42 Å². The molecule has 0 saturated carbocycles. The van der Waals surface area contributed by atoms with Crippen LogP contribution in [0.2, 0.25) is 6.04 Å². The van der Waals surface area contributed by atoms with Gasteiger partial charge in [0.2, 0.25) is 0 Å². The quantitative estimate of drug-likeness (QED) is 0.312. The van der Waals surface area contributed by atoms with E-state index in [0.29, 0.717) is 0 Å². The summed E-state index contributed by atoms with van der Waals surface area (Å²) in [7, 11) is 1.54. The van der Waals surface area contributed by atoms with Gasteiger partial charge < -0.3 is 9.16 Å². The van der Waals surface area contributed by atoms with Gasteiger partial charge in [0.15, 0.2) is 9.76 Å². The first-order chi connectivity index (χ1) is 4.41. The van der Waals surface area contributed by atoms with Crippen molar-refractivity contribution in [2.24, 2.45) is 0 Å². The minimum atomic E-state index is -0.221. The summed E-state index contributed by atoms with van der Waals surface area (Å²) >= 11 is 0. The van der Waals surface area contributed by atoms with E-state index < -0.39 is 0 Å². The molecule has 0 rings (SSSR count). The van der Waals surface area contributed by atoms with Crippen LogP contribution in [-0.2, 0) is 9.16 Å². The molecule has 0 atom stereocenters. The van der Waals surface area contributed by atoms with Crippen LogP contribution in [0.5, 0.6) is 0 Å². The molecule has 0 aliphatic rings. The molecule has 0 radical (unpaired) electrons. The molecule has 0 aromatic rings. The van der Waals surface area contributed by atoms with Crippen LogP contribution in [0.15, 0.2) is 12.8 Å². The van der Waals surface area contributed by atoms with Gasteiger partial charge in [-0.1, -0.05) is 6.58 Å². The second-order valence-corrected chi connectivity index (χ2v) is 3.43. The molecule has 0 fully saturated rings. The monoisotopic (exact) mass is 146 g/mol. The van der Waals surface area contributed by atoms with Crippen molar-refractivity contribution in [2.75, 3.05) is 13.7 Å². The molecule has 0 aromatic carbocycles. The fraction of sp³-hybridized carbons (Fsp3) is 0.667. The van der Waals surface area contributed by atoms with Crippen molar-refractivity contribution in [2.45, 2.75) is 12.5 Å². The van der Waals surface area contributed by atoms with Gasteiger partial charge >= 0.3 is 0 Å². The number of rotatable bonds is 6. The van der Waals surface area contributed by atoms with E-state index in [1.807, 2.05) is 0 Å². The Morgan fingerprint density at radius 1 is 1.67 bits per heavy atom. The van der Waals surface area contributed by atoms with Crippen LogP contribution >= 0.6 is 0 Å². The van der Waals surface area contributed by atoms with Gasteiger partial charge in [-0.2, -0.15) is 0 Å². The molecule has 0 aromatic heterocycles. The Kier molecular flexibility index (Phi) is 7.47. The van der Waals surface area contributed by atoms with Gasteiger partial charge in [0.25, 0.3) is 0 Å². The molecule has 0 aliphatic heterocycles. The minimum Gasteiger partial charge on any atom is -0.502 e. The van der Waals surface area contributed by atoms with Gasteiger partial charge in [-0.15, -0.1) is 0 Å². The van der Waals surface area contributed by atoms with Gasteiger partial charge in [0.05, 0.1) is 12.9 Å². The maximum atomic E-state index is 4.98. The predicted molar refractivity (Wildman–Crippen MR) is 41.1 cm³/mol. The third-order valence-corrected chi connectivity index (χ3v) is 2.18. The first-order valence-electron chi connectivity index (χ1n) is 3.13. The Morgan fingerprint density at radius 3 is 3.00 bits per heavy atom. The van der Waals surface area contributed by atoms with Crippen LogP contribution in [0.4, 0.5) is 0 Å².